The molecular weight excluding hydrogens is 298 g/mol. The predicted octanol–water partition coefficient (Wildman–Crippen LogP) is 1.32. The smallest absolute Gasteiger partial charge is 0.244 e. The molecule has 1 amide bonds. The van der Waals surface area contributed by atoms with E-state index in [1.807, 2.05) is 24.3 Å². The summed E-state index contributed by atoms with van der Waals surface area (Å²) < 4.78 is 0.970. The Labute approximate surface area is 114 Å². The molecule has 0 saturated heterocycles. The summed E-state index contributed by atoms with van der Waals surface area (Å²) in [4.78, 5) is 11.6. The quantitative estimate of drug-likeness (QED) is 0.718. The second-order valence-electron chi connectivity index (χ2n) is 4.25. The van der Waals surface area contributed by atoms with Crippen LogP contribution in [0.5, 0.6) is 0 Å². The molecular formula is C13H16BrNO3. The molecule has 1 rings (SSSR count). The number of amides is 1. The van der Waals surface area contributed by atoms with Gasteiger partial charge in [-0.25, -0.2) is 0 Å². The van der Waals surface area contributed by atoms with Gasteiger partial charge in [0.1, 0.15) is 0 Å². The molecule has 0 heterocycles. The van der Waals surface area contributed by atoms with Gasteiger partial charge >= 0.3 is 0 Å². The normalized spacial score (nSPS) is 11.8. The lowest BCUT2D eigenvalue weighted by molar-refractivity contribution is -0.119. The number of aliphatic hydroxyl groups excluding tert-OH is 2. The van der Waals surface area contributed by atoms with E-state index in [4.69, 9.17) is 10.2 Å². The van der Waals surface area contributed by atoms with Gasteiger partial charge in [-0.15, -0.1) is 0 Å². The third kappa shape index (κ3) is 4.60. The molecule has 18 heavy (non-hydrogen) atoms. The number of halogens is 1. The maximum absolute atomic E-state index is 11.6. The van der Waals surface area contributed by atoms with E-state index < -0.39 is 5.54 Å². The molecule has 0 atom stereocenters. The first-order valence-electron chi connectivity index (χ1n) is 5.46. The summed E-state index contributed by atoms with van der Waals surface area (Å²) in [5.74, 6) is -0.358. The van der Waals surface area contributed by atoms with Crippen LogP contribution in [0.2, 0.25) is 0 Å². The highest BCUT2D eigenvalue weighted by Crippen LogP contribution is 2.11. The highest BCUT2D eigenvalue weighted by molar-refractivity contribution is 9.10. The Morgan fingerprint density at radius 1 is 1.33 bits per heavy atom. The van der Waals surface area contributed by atoms with Crippen molar-refractivity contribution in [3.8, 4) is 0 Å². The van der Waals surface area contributed by atoms with Gasteiger partial charge in [-0.2, -0.15) is 0 Å². The van der Waals surface area contributed by atoms with E-state index in [1.54, 1.807) is 13.0 Å². The van der Waals surface area contributed by atoms with E-state index in [-0.39, 0.29) is 19.1 Å². The number of carbonyl (C=O) groups excluding carboxylic acids is 1. The van der Waals surface area contributed by atoms with Gasteiger partial charge in [0.2, 0.25) is 5.91 Å². The first-order chi connectivity index (χ1) is 8.49. The summed E-state index contributed by atoms with van der Waals surface area (Å²) in [7, 11) is 0. The SMILES string of the molecule is CC(CO)(CO)NC(=O)/C=C/c1ccc(Br)cc1. The van der Waals surface area contributed by atoms with Crippen molar-refractivity contribution in [3.63, 3.8) is 0 Å². The zero-order chi connectivity index (χ0) is 13.6. The van der Waals surface area contributed by atoms with Gasteiger partial charge in [0, 0.05) is 10.5 Å². The minimum absolute atomic E-state index is 0.318. The lowest BCUT2D eigenvalue weighted by Gasteiger charge is -2.25. The van der Waals surface area contributed by atoms with Crippen LogP contribution in [-0.2, 0) is 4.79 Å². The van der Waals surface area contributed by atoms with Gasteiger partial charge in [0.15, 0.2) is 0 Å². The fraction of sp³-hybridized carbons (Fsp3) is 0.308. The molecule has 98 valence electrons. The molecule has 0 aliphatic carbocycles. The van der Waals surface area contributed by atoms with Crippen LogP contribution < -0.4 is 5.32 Å². The lowest BCUT2D eigenvalue weighted by Crippen LogP contribution is -2.51. The van der Waals surface area contributed by atoms with Crippen LogP contribution in [0.25, 0.3) is 6.08 Å². The molecule has 3 N–H and O–H groups in total. The van der Waals surface area contributed by atoms with Gasteiger partial charge in [0.25, 0.3) is 0 Å². The van der Waals surface area contributed by atoms with Crippen molar-refractivity contribution in [3.05, 3.63) is 40.4 Å². The molecule has 0 aliphatic heterocycles. The van der Waals surface area contributed by atoms with Crippen molar-refractivity contribution < 1.29 is 15.0 Å². The number of aliphatic hydroxyl groups is 2. The standard InChI is InChI=1S/C13H16BrNO3/c1-13(8-16,9-17)15-12(18)7-4-10-2-5-11(14)6-3-10/h2-7,16-17H,8-9H2,1H3,(H,15,18)/b7-4+. The fourth-order valence-electron chi connectivity index (χ4n) is 1.21. The number of benzene rings is 1. The second-order valence-corrected chi connectivity index (χ2v) is 5.17. The van der Waals surface area contributed by atoms with Gasteiger partial charge in [-0.3, -0.25) is 4.79 Å². The van der Waals surface area contributed by atoms with Gasteiger partial charge in [-0.1, -0.05) is 28.1 Å². The maximum Gasteiger partial charge on any atom is 0.244 e. The van der Waals surface area contributed by atoms with E-state index in [1.165, 1.54) is 6.08 Å². The number of rotatable bonds is 5. The average molecular weight is 314 g/mol. The summed E-state index contributed by atoms with van der Waals surface area (Å²) in [5.41, 5.74) is -0.107. The van der Waals surface area contributed by atoms with Gasteiger partial charge in [-0.05, 0) is 30.7 Å². The number of hydrogen-bond acceptors (Lipinski definition) is 3. The molecule has 1 aromatic carbocycles. The van der Waals surface area contributed by atoms with Crippen molar-refractivity contribution >= 4 is 27.9 Å². The molecule has 0 spiro atoms. The molecule has 0 fully saturated rings. The second kappa shape index (κ2) is 6.68. The van der Waals surface area contributed by atoms with Crippen molar-refractivity contribution in [1.29, 1.82) is 0 Å². The molecule has 4 nitrogen and oxygen atoms in total. The topological polar surface area (TPSA) is 69.6 Å². The number of carbonyl (C=O) groups is 1. The molecule has 0 aliphatic rings. The first kappa shape index (κ1) is 14.9. The van der Waals surface area contributed by atoms with Crippen LogP contribution in [-0.4, -0.2) is 34.9 Å². The van der Waals surface area contributed by atoms with Crippen molar-refractivity contribution in [2.75, 3.05) is 13.2 Å². The van der Waals surface area contributed by atoms with Crippen molar-refractivity contribution in [1.82, 2.24) is 5.32 Å². The number of nitrogens with one attached hydrogen (secondary N) is 1. The van der Waals surface area contributed by atoms with E-state index >= 15 is 0 Å². The van der Waals surface area contributed by atoms with E-state index in [9.17, 15) is 4.79 Å². The molecule has 0 radical (unpaired) electrons. The molecule has 0 bridgehead atoms. The number of hydrogen-bond donors (Lipinski definition) is 3. The Hall–Kier alpha value is -1.17. The maximum atomic E-state index is 11.6. The fourth-order valence-corrected chi connectivity index (χ4v) is 1.48. The zero-order valence-corrected chi connectivity index (χ0v) is 11.6. The van der Waals surface area contributed by atoms with E-state index in [0.29, 0.717) is 0 Å². The largest absolute Gasteiger partial charge is 0.394 e. The minimum atomic E-state index is -0.999. The molecule has 5 heteroatoms. The molecule has 1 aromatic rings. The Kier molecular flexibility index (Phi) is 5.53. The zero-order valence-electron chi connectivity index (χ0n) is 10.1. The average Bonchev–Trinajstić information content (AvgIpc) is 2.38. The molecule has 0 saturated carbocycles. The predicted molar refractivity (Wildman–Crippen MR) is 73.9 cm³/mol. The van der Waals surface area contributed by atoms with Gasteiger partial charge < -0.3 is 15.5 Å². The van der Waals surface area contributed by atoms with Crippen molar-refractivity contribution in [2.45, 2.75) is 12.5 Å². The summed E-state index contributed by atoms with van der Waals surface area (Å²) in [5, 5.41) is 20.6. The van der Waals surface area contributed by atoms with Crippen LogP contribution in [0.3, 0.4) is 0 Å². The van der Waals surface area contributed by atoms with Crippen LogP contribution in [0, 0.1) is 0 Å². The summed E-state index contributed by atoms with van der Waals surface area (Å²) in [6, 6.07) is 7.49. The third-order valence-corrected chi connectivity index (χ3v) is 2.95. The van der Waals surface area contributed by atoms with E-state index in [2.05, 4.69) is 21.2 Å². The van der Waals surface area contributed by atoms with Crippen LogP contribution in [0.1, 0.15) is 12.5 Å². The summed E-state index contributed by atoms with van der Waals surface area (Å²) in [6.45, 7) is 0.932. The summed E-state index contributed by atoms with van der Waals surface area (Å²) in [6.07, 6.45) is 3.03. The highest BCUT2D eigenvalue weighted by Gasteiger charge is 2.23. The van der Waals surface area contributed by atoms with Crippen LogP contribution in [0.4, 0.5) is 0 Å². The Morgan fingerprint density at radius 2 is 1.89 bits per heavy atom. The Bertz CT molecular complexity index is 424. The van der Waals surface area contributed by atoms with E-state index in [0.717, 1.165) is 10.0 Å². The molecule has 0 aromatic heterocycles. The molecule has 0 unspecified atom stereocenters. The highest BCUT2D eigenvalue weighted by atomic mass is 79.9. The Balaban J connectivity index is 2.62. The third-order valence-electron chi connectivity index (χ3n) is 2.42. The van der Waals surface area contributed by atoms with Crippen molar-refractivity contribution in [2.24, 2.45) is 0 Å². The summed E-state index contributed by atoms with van der Waals surface area (Å²) >= 11 is 3.32. The van der Waals surface area contributed by atoms with Gasteiger partial charge in [0.05, 0.1) is 18.8 Å². The first-order valence-corrected chi connectivity index (χ1v) is 6.26. The lowest BCUT2D eigenvalue weighted by atomic mass is 10.1. The monoisotopic (exact) mass is 313 g/mol. The van der Waals surface area contributed by atoms with Crippen LogP contribution in [0.15, 0.2) is 34.8 Å². The minimum Gasteiger partial charge on any atom is -0.394 e. The Morgan fingerprint density at radius 3 is 2.39 bits per heavy atom. The van der Waals surface area contributed by atoms with Crippen LogP contribution >= 0.6 is 15.9 Å².